The molecule has 20 heavy (non-hydrogen) atoms. The van der Waals surface area contributed by atoms with E-state index in [1.54, 1.807) is 0 Å². The molecule has 0 unspecified atom stereocenters. The van der Waals surface area contributed by atoms with E-state index in [2.05, 4.69) is 20.1 Å². The Morgan fingerprint density at radius 2 is 1.30 bits per heavy atom. The Labute approximate surface area is 115 Å². The summed E-state index contributed by atoms with van der Waals surface area (Å²) in [5.74, 6) is 0. The third-order valence-electron chi connectivity index (χ3n) is 3.02. The Bertz CT molecular complexity index is 371. The van der Waals surface area contributed by atoms with Crippen LogP contribution in [0.25, 0.3) is 20.9 Å². The number of fused-ring (bicyclic) bond motifs is 1. The zero-order chi connectivity index (χ0) is 14.2. The molecule has 0 radical (unpaired) electrons. The Balaban J connectivity index is 1.74. The third kappa shape index (κ3) is 4.24. The molecular formula is C10H16N6O4. The molecule has 2 aliphatic rings. The standard InChI is InChI=1S/C10H16N6O4/c11-15-13-3-1-9-17-5-8-7(19-9)6-18-10(20-8)2-4-14-16-12/h7-10H,1-6H2/t7-,8-,9+,10+/m0/s1. The first-order chi connectivity index (χ1) is 9.83. The summed E-state index contributed by atoms with van der Waals surface area (Å²) in [6, 6.07) is 0. The van der Waals surface area contributed by atoms with Crippen LogP contribution < -0.4 is 0 Å². The van der Waals surface area contributed by atoms with Crippen LogP contribution in [0.4, 0.5) is 0 Å². The number of nitrogens with zero attached hydrogens (tertiary/aromatic N) is 6. The average molecular weight is 284 g/mol. The van der Waals surface area contributed by atoms with E-state index in [4.69, 9.17) is 30.0 Å². The van der Waals surface area contributed by atoms with Gasteiger partial charge in [-0.2, -0.15) is 0 Å². The first kappa shape index (κ1) is 14.9. The highest BCUT2D eigenvalue weighted by Crippen LogP contribution is 2.25. The minimum Gasteiger partial charge on any atom is -0.350 e. The van der Waals surface area contributed by atoms with Crippen molar-refractivity contribution in [3.8, 4) is 0 Å². The highest BCUT2D eigenvalue weighted by Gasteiger charge is 2.38. The van der Waals surface area contributed by atoms with Crippen molar-refractivity contribution < 1.29 is 18.9 Å². The van der Waals surface area contributed by atoms with Gasteiger partial charge in [0.05, 0.1) is 13.2 Å². The van der Waals surface area contributed by atoms with E-state index in [-0.39, 0.29) is 12.2 Å². The zero-order valence-corrected chi connectivity index (χ0v) is 10.9. The maximum atomic E-state index is 8.21. The monoisotopic (exact) mass is 284 g/mol. The van der Waals surface area contributed by atoms with Gasteiger partial charge in [0.2, 0.25) is 0 Å². The summed E-state index contributed by atoms with van der Waals surface area (Å²) in [6.07, 6.45) is -0.144. The predicted molar refractivity (Wildman–Crippen MR) is 66.5 cm³/mol. The molecular weight excluding hydrogens is 268 g/mol. The summed E-state index contributed by atoms with van der Waals surface area (Å²) in [4.78, 5) is 5.35. The van der Waals surface area contributed by atoms with Crippen LogP contribution in [-0.4, -0.2) is 51.1 Å². The lowest BCUT2D eigenvalue weighted by Gasteiger charge is -2.41. The average Bonchev–Trinajstić information content (AvgIpc) is 2.48. The maximum Gasteiger partial charge on any atom is 0.158 e. The molecule has 0 N–H and O–H groups in total. The third-order valence-corrected chi connectivity index (χ3v) is 3.02. The molecule has 10 nitrogen and oxygen atoms in total. The van der Waals surface area contributed by atoms with Crippen molar-refractivity contribution in [1.29, 1.82) is 0 Å². The summed E-state index contributed by atoms with van der Waals surface area (Å²) in [5, 5.41) is 6.88. The van der Waals surface area contributed by atoms with Crippen molar-refractivity contribution in [3.63, 3.8) is 0 Å². The summed E-state index contributed by atoms with van der Waals surface area (Å²) < 4.78 is 22.3. The molecule has 4 atom stereocenters. The fourth-order valence-electron chi connectivity index (χ4n) is 2.06. The lowest BCUT2D eigenvalue weighted by Crippen LogP contribution is -2.53. The Hall–Kier alpha value is -1.54. The first-order valence-electron chi connectivity index (χ1n) is 6.39. The molecule has 2 heterocycles. The molecule has 2 fully saturated rings. The van der Waals surface area contributed by atoms with Crippen LogP contribution in [0.5, 0.6) is 0 Å². The number of hydrogen-bond acceptors (Lipinski definition) is 6. The van der Waals surface area contributed by atoms with Gasteiger partial charge in [0.25, 0.3) is 0 Å². The van der Waals surface area contributed by atoms with E-state index < -0.39 is 12.6 Å². The highest BCUT2D eigenvalue weighted by atomic mass is 16.8. The summed E-state index contributed by atoms with van der Waals surface area (Å²) in [5.41, 5.74) is 16.4. The van der Waals surface area contributed by atoms with Gasteiger partial charge < -0.3 is 18.9 Å². The van der Waals surface area contributed by atoms with E-state index >= 15 is 0 Å². The zero-order valence-electron chi connectivity index (χ0n) is 10.9. The Kier molecular flexibility index (Phi) is 5.87. The topological polar surface area (TPSA) is 134 Å². The maximum absolute atomic E-state index is 8.21. The number of rotatable bonds is 6. The van der Waals surface area contributed by atoms with E-state index in [1.807, 2.05) is 0 Å². The molecule has 0 aromatic carbocycles. The molecule has 110 valence electrons. The van der Waals surface area contributed by atoms with Gasteiger partial charge in [0.1, 0.15) is 12.2 Å². The van der Waals surface area contributed by atoms with Crippen LogP contribution in [0, 0.1) is 0 Å². The fraction of sp³-hybridized carbons (Fsp3) is 1.00. The smallest absolute Gasteiger partial charge is 0.158 e. The lowest BCUT2D eigenvalue weighted by molar-refractivity contribution is -0.336. The molecule has 0 bridgehead atoms. The second-order valence-corrected chi connectivity index (χ2v) is 4.36. The molecule has 2 saturated heterocycles. The SMILES string of the molecule is [N-]=[N+]=NCC[C@@H]1OC[C@@H]2O[C@H](CCN=[N+]=[N-])OC[C@@H]2O1. The van der Waals surface area contributed by atoms with Crippen LogP contribution in [0.15, 0.2) is 10.2 Å². The number of ether oxygens (including phenoxy) is 4. The van der Waals surface area contributed by atoms with E-state index in [9.17, 15) is 0 Å². The van der Waals surface area contributed by atoms with E-state index in [0.717, 1.165) is 0 Å². The quantitative estimate of drug-likeness (QED) is 0.418. The minimum absolute atomic E-state index is 0.185. The fourth-order valence-corrected chi connectivity index (χ4v) is 2.06. The van der Waals surface area contributed by atoms with Gasteiger partial charge in [-0.15, -0.1) is 0 Å². The number of hydrogen-bond donors (Lipinski definition) is 0. The van der Waals surface area contributed by atoms with Crippen molar-refractivity contribution in [2.75, 3.05) is 26.3 Å². The van der Waals surface area contributed by atoms with Gasteiger partial charge in [-0.25, -0.2) is 0 Å². The number of azide groups is 2. The van der Waals surface area contributed by atoms with Gasteiger partial charge in [0, 0.05) is 35.8 Å². The molecule has 2 rings (SSSR count). The molecule has 0 aromatic rings. The van der Waals surface area contributed by atoms with E-state index in [1.165, 1.54) is 0 Å². The normalized spacial score (nSPS) is 32.6. The van der Waals surface area contributed by atoms with Crippen LogP contribution in [-0.2, 0) is 18.9 Å². The van der Waals surface area contributed by atoms with Gasteiger partial charge in [0.15, 0.2) is 12.6 Å². The molecule has 0 spiro atoms. The Morgan fingerprint density at radius 3 is 1.70 bits per heavy atom. The predicted octanol–water partition coefficient (Wildman–Crippen LogP) is 1.87. The van der Waals surface area contributed by atoms with Crippen LogP contribution in [0.1, 0.15) is 12.8 Å². The largest absolute Gasteiger partial charge is 0.350 e. The summed E-state index contributed by atoms with van der Waals surface area (Å²) in [7, 11) is 0. The van der Waals surface area contributed by atoms with Crippen molar-refractivity contribution in [3.05, 3.63) is 20.9 Å². The molecule has 0 saturated carbocycles. The Morgan fingerprint density at radius 1 is 0.850 bits per heavy atom. The summed E-state index contributed by atoms with van der Waals surface area (Å²) >= 11 is 0. The molecule has 0 aromatic heterocycles. The first-order valence-corrected chi connectivity index (χ1v) is 6.39. The molecule has 0 amide bonds. The second-order valence-electron chi connectivity index (χ2n) is 4.36. The van der Waals surface area contributed by atoms with Gasteiger partial charge >= 0.3 is 0 Å². The highest BCUT2D eigenvalue weighted by molar-refractivity contribution is 4.79. The van der Waals surface area contributed by atoms with Crippen molar-refractivity contribution >= 4 is 0 Å². The van der Waals surface area contributed by atoms with Crippen molar-refractivity contribution in [2.24, 2.45) is 10.2 Å². The molecule has 10 heteroatoms. The van der Waals surface area contributed by atoms with Crippen molar-refractivity contribution in [2.45, 2.75) is 37.6 Å². The second kappa shape index (κ2) is 7.91. The van der Waals surface area contributed by atoms with Gasteiger partial charge in [-0.05, 0) is 11.1 Å². The van der Waals surface area contributed by atoms with Crippen LogP contribution >= 0.6 is 0 Å². The summed E-state index contributed by atoms with van der Waals surface area (Å²) in [6.45, 7) is 1.48. The van der Waals surface area contributed by atoms with Crippen LogP contribution in [0.2, 0.25) is 0 Å². The van der Waals surface area contributed by atoms with Gasteiger partial charge in [-0.1, -0.05) is 10.2 Å². The van der Waals surface area contributed by atoms with E-state index in [0.29, 0.717) is 39.1 Å². The van der Waals surface area contributed by atoms with Crippen molar-refractivity contribution in [1.82, 2.24) is 0 Å². The minimum atomic E-state index is -0.395. The van der Waals surface area contributed by atoms with Crippen LogP contribution in [0.3, 0.4) is 0 Å². The molecule has 2 aliphatic heterocycles. The van der Waals surface area contributed by atoms with Gasteiger partial charge in [-0.3, -0.25) is 0 Å². The lowest BCUT2D eigenvalue weighted by atomic mass is 10.1. The molecule has 0 aliphatic carbocycles.